The Balaban J connectivity index is 1.59. The van der Waals surface area contributed by atoms with E-state index in [0.29, 0.717) is 19.3 Å². The first-order chi connectivity index (χ1) is 9.62. The summed E-state index contributed by atoms with van der Waals surface area (Å²) in [5.74, 6) is -1.02. The first-order valence-electron chi connectivity index (χ1n) is 7.19. The number of hydrogen-bond donors (Lipinski definition) is 2. The van der Waals surface area contributed by atoms with Crippen molar-refractivity contribution in [1.82, 2.24) is 5.32 Å². The van der Waals surface area contributed by atoms with E-state index in [2.05, 4.69) is 22.8 Å². The fourth-order valence-corrected chi connectivity index (χ4v) is 3.22. The zero-order valence-corrected chi connectivity index (χ0v) is 12.4. The van der Waals surface area contributed by atoms with Gasteiger partial charge in [-0.25, -0.2) is 4.79 Å². The fourth-order valence-electron chi connectivity index (χ4n) is 2.47. The van der Waals surface area contributed by atoms with Gasteiger partial charge in [0.2, 0.25) is 5.91 Å². The number of carboxylic acids is 1. The van der Waals surface area contributed by atoms with Gasteiger partial charge in [-0.05, 0) is 50.0 Å². The monoisotopic (exact) mass is 295 g/mol. The summed E-state index contributed by atoms with van der Waals surface area (Å²) in [7, 11) is 0. The molecule has 0 saturated heterocycles. The molecule has 1 aliphatic carbocycles. The number of thiophene rings is 1. The van der Waals surface area contributed by atoms with Crippen molar-refractivity contribution in [3.63, 3.8) is 0 Å². The second-order valence-electron chi connectivity index (χ2n) is 5.43. The molecule has 0 spiro atoms. The molecular formula is C15H21NO3S. The molecule has 2 N–H and O–H groups in total. The average Bonchev–Trinajstić information content (AvgIpc) is 2.86. The van der Waals surface area contributed by atoms with Gasteiger partial charge in [0.15, 0.2) is 0 Å². The van der Waals surface area contributed by atoms with Gasteiger partial charge < -0.3 is 10.4 Å². The van der Waals surface area contributed by atoms with Gasteiger partial charge >= 0.3 is 5.97 Å². The normalized spacial score (nSPS) is 16.4. The van der Waals surface area contributed by atoms with Crippen LogP contribution in [0.15, 0.2) is 17.5 Å². The number of aryl methyl sites for hydroxylation is 1. The number of nitrogens with one attached hydrogen (secondary N) is 1. The topological polar surface area (TPSA) is 66.4 Å². The van der Waals surface area contributed by atoms with Crippen molar-refractivity contribution in [3.05, 3.63) is 22.4 Å². The maximum atomic E-state index is 11.8. The highest BCUT2D eigenvalue weighted by Gasteiger charge is 2.45. The summed E-state index contributed by atoms with van der Waals surface area (Å²) in [5, 5.41) is 13.9. The average molecular weight is 295 g/mol. The molecule has 0 radical (unpaired) electrons. The summed E-state index contributed by atoms with van der Waals surface area (Å²) in [6.07, 6.45) is 6.42. The Labute approximate surface area is 123 Å². The van der Waals surface area contributed by atoms with Crippen LogP contribution in [0.1, 0.15) is 49.8 Å². The van der Waals surface area contributed by atoms with E-state index in [1.807, 2.05) is 0 Å². The number of hydrogen-bond acceptors (Lipinski definition) is 3. The SMILES string of the molecule is O=C(CCCCCc1cccs1)NC1(C(=O)O)CCC1. The molecule has 0 atom stereocenters. The van der Waals surface area contributed by atoms with Gasteiger partial charge in [-0.3, -0.25) is 4.79 Å². The third-order valence-electron chi connectivity index (χ3n) is 3.90. The maximum absolute atomic E-state index is 11.8. The minimum Gasteiger partial charge on any atom is -0.480 e. The van der Waals surface area contributed by atoms with Crippen LogP contribution in [-0.4, -0.2) is 22.5 Å². The number of carboxylic acid groups (broad SMARTS) is 1. The van der Waals surface area contributed by atoms with Crippen LogP contribution in [0.2, 0.25) is 0 Å². The van der Waals surface area contributed by atoms with E-state index in [1.54, 1.807) is 11.3 Å². The van der Waals surface area contributed by atoms with E-state index >= 15 is 0 Å². The summed E-state index contributed by atoms with van der Waals surface area (Å²) in [6, 6.07) is 4.18. The smallest absolute Gasteiger partial charge is 0.329 e. The van der Waals surface area contributed by atoms with Crippen molar-refractivity contribution in [2.24, 2.45) is 0 Å². The summed E-state index contributed by atoms with van der Waals surface area (Å²) in [5.41, 5.74) is -0.964. The van der Waals surface area contributed by atoms with Crippen molar-refractivity contribution in [2.45, 2.75) is 56.9 Å². The van der Waals surface area contributed by atoms with Crippen molar-refractivity contribution >= 4 is 23.2 Å². The molecule has 0 unspecified atom stereocenters. The highest BCUT2D eigenvalue weighted by atomic mass is 32.1. The third-order valence-corrected chi connectivity index (χ3v) is 4.84. The van der Waals surface area contributed by atoms with Crippen molar-refractivity contribution < 1.29 is 14.7 Å². The molecule has 20 heavy (non-hydrogen) atoms. The third kappa shape index (κ3) is 3.82. The van der Waals surface area contributed by atoms with Gasteiger partial charge in [-0.2, -0.15) is 0 Å². The van der Waals surface area contributed by atoms with Gasteiger partial charge in [-0.1, -0.05) is 12.5 Å². The Kier molecular flexibility index (Phi) is 5.17. The molecule has 4 nitrogen and oxygen atoms in total. The van der Waals surface area contributed by atoms with Crippen LogP contribution in [0.25, 0.3) is 0 Å². The molecule has 1 aliphatic rings. The number of unbranched alkanes of at least 4 members (excludes halogenated alkanes) is 2. The van der Waals surface area contributed by atoms with Gasteiger partial charge in [0, 0.05) is 11.3 Å². The van der Waals surface area contributed by atoms with Crippen LogP contribution in [0.4, 0.5) is 0 Å². The van der Waals surface area contributed by atoms with Crippen LogP contribution in [0.5, 0.6) is 0 Å². The Morgan fingerprint density at radius 3 is 2.65 bits per heavy atom. The van der Waals surface area contributed by atoms with Crippen LogP contribution in [-0.2, 0) is 16.0 Å². The van der Waals surface area contributed by atoms with Crippen LogP contribution >= 0.6 is 11.3 Å². The lowest BCUT2D eigenvalue weighted by Gasteiger charge is -2.38. The van der Waals surface area contributed by atoms with E-state index in [0.717, 1.165) is 32.1 Å². The first kappa shape index (κ1) is 15.0. The molecule has 0 bridgehead atoms. The summed E-state index contributed by atoms with van der Waals surface area (Å²) in [4.78, 5) is 24.3. The zero-order valence-electron chi connectivity index (χ0n) is 11.6. The van der Waals surface area contributed by atoms with Crippen LogP contribution in [0, 0.1) is 0 Å². The summed E-state index contributed by atoms with van der Waals surface area (Å²) >= 11 is 1.76. The van der Waals surface area contributed by atoms with Crippen LogP contribution < -0.4 is 5.32 Å². The molecule has 110 valence electrons. The van der Waals surface area contributed by atoms with Gasteiger partial charge in [-0.15, -0.1) is 11.3 Å². The number of rotatable bonds is 8. The van der Waals surface area contributed by atoms with E-state index in [9.17, 15) is 9.59 Å². The molecule has 1 aromatic rings. The quantitative estimate of drug-likeness (QED) is 0.725. The molecule has 0 aliphatic heterocycles. The Bertz CT molecular complexity index is 452. The van der Waals surface area contributed by atoms with Crippen molar-refractivity contribution in [1.29, 1.82) is 0 Å². The second-order valence-corrected chi connectivity index (χ2v) is 6.46. The van der Waals surface area contributed by atoms with E-state index in [1.165, 1.54) is 4.88 Å². The van der Waals surface area contributed by atoms with E-state index in [-0.39, 0.29) is 5.91 Å². The van der Waals surface area contributed by atoms with Crippen molar-refractivity contribution in [3.8, 4) is 0 Å². The number of carbonyl (C=O) groups is 2. The second kappa shape index (κ2) is 6.88. The largest absolute Gasteiger partial charge is 0.480 e. The van der Waals surface area contributed by atoms with Gasteiger partial charge in [0.1, 0.15) is 5.54 Å². The first-order valence-corrected chi connectivity index (χ1v) is 8.07. The Morgan fingerprint density at radius 1 is 1.30 bits per heavy atom. The standard InChI is InChI=1S/C15H21NO3S/c17-13(16-15(14(18)19)9-5-10-15)8-3-1-2-6-12-7-4-11-20-12/h4,7,11H,1-3,5-6,8-10H2,(H,16,17)(H,18,19). The molecule has 0 aromatic carbocycles. The molecule has 1 fully saturated rings. The summed E-state index contributed by atoms with van der Waals surface area (Å²) < 4.78 is 0. The number of aliphatic carboxylic acids is 1. The minimum absolute atomic E-state index is 0.122. The van der Waals surface area contributed by atoms with E-state index in [4.69, 9.17) is 5.11 Å². The molecule has 1 aromatic heterocycles. The van der Waals surface area contributed by atoms with Gasteiger partial charge in [0.25, 0.3) is 0 Å². The Hall–Kier alpha value is -1.36. The predicted octanol–water partition coefficient (Wildman–Crippen LogP) is 2.97. The zero-order chi connectivity index (χ0) is 14.4. The molecular weight excluding hydrogens is 274 g/mol. The molecule has 5 heteroatoms. The maximum Gasteiger partial charge on any atom is 0.329 e. The molecule has 1 amide bonds. The fraction of sp³-hybridized carbons (Fsp3) is 0.600. The molecule has 2 rings (SSSR count). The van der Waals surface area contributed by atoms with E-state index < -0.39 is 11.5 Å². The lowest BCUT2D eigenvalue weighted by molar-refractivity contribution is -0.151. The lowest BCUT2D eigenvalue weighted by Crippen LogP contribution is -2.59. The molecule has 1 heterocycles. The van der Waals surface area contributed by atoms with Crippen LogP contribution in [0.3, 0.4) is 0 Å². The highest BCUT2D eigenvalue weighted by Crippen LogP contribution is 2.32. The Morgan fingerprint density at radius 2 is 2.10 bits per heavy atom. The predicted molar refractivity (Wildman–Crippen MR) is 78.9 cm³/mol. The number of carbonyl (C=O) groups excluding carboxylic acids is 1. The summed E-state index contributed by atoms with van der Waals surface area (Å²) in [6.45, 7) is 0. The molecule has 1 saturated carbocycles. The van der Waals surface area contributed by atoms with Crippen molar-refractivity contribution in [2.75, 3.05) is 0 Å². The van der Waals surface area contributed by atoms with Gasteiger partial charge in [0.05, 0.1) is 0 Å². The lowest BCUT2D eigenvalue weighted by atomic mass is 9.76. The minimum atomic E-state index is -0.964. The number of amides is 1. The highest BCUT2D eigenvalue weighted by molar-refractivity contribution is 7.09.